The molecule has 1 aliphatic carbocycles. The summed E-state index contributed by atoms with van der Waals surface area (Å²) in [4.78, 5) is 0. The van der Waals surface area contributed by atoms with E-state index in [0.717, 1.165) is 6.04 Å². The molecule has 0 radical (unpaired) electrons. The fourth-order valence-corrected chi connectivity index (χ4v) is 1.84. The third-order valence-electron chi connectivity index (χ3n) is 2.82. The van der Waals surface area contributed by atoms with E-state index in [-0.39, 0.29) is 0 Å². The third kappa shape index (κ3) is 2.36. The zero-order valence-electron chi connectivity index (χ0n) is 9.03. The average Bonchev–Trinajstić information content (AvgIpc) is 2.99. The van der Waals surface area contributed by atoms with Crippen molar-refractivity contribution >= 4 is 0 Å². The molecule has 0 heterocycles. The first-order valence-corrected chi connectivity index (χ1v) is 5.58. The third-order valence-corrected chi connectivity index (χ3v) is 2.82. The van der Waals surface area contributed by atoms with Gasteiger partial charge in [0.15, 0.2) is 0 Å². The fraction of sp³-hybridized carbons (Fsp3) is 0.538. The van der Waals surface area contributed by atoms with E-state index in [1.54, 1.807) is 0 Å². The number of hydrogen-bond acceptors (Lipinski definition) is 1. The van der Waals surface area contributed by atoms with Crippen LogP contribution in [0.15, 0.2) is 30.3 Å². The summed E-state index contributed by atoms with van der Waals surface area (Å²) < 4.78 is 0. The van der Waals surface area contributed by atoms with Crippen LogP contribution in [0.1, 0.15) is 38.3 Å². The lowest BCUT2D eigenvalue weighted by Crippen LogP contribution is -2.27. The second-order valence-corrected chi connectivity index (χ2v) is 4.57. The lowest BCUT2D eigenvalue weighted by Gasteiger charge is -2.22. The summed E-state index contributed by atoms with van der Waals surface area (Å²) in [6.07, 6.45) is 2.71. The van der Waals surface area contributed by atoms with Crippen LogP contribution in [0.3, 0.4) is 0 Å². The van der Waals surface area contributed by atoms with Crippen LogP contribution in [0.5, 0.6) is 0 Å². The van der Waals surface area contributed by atoms with E-state index >= 15 is 0 Å². The highest BCUT2D eigenvalue weighted by Gasteiger charge is 2.26. The van der Waals surface area contributed by atoms with Gasteiger partial charge in [-0.1, -0.05) is 44.2 Å². The summed E-state index contributed by atoms with van der Waals surface area (Å²) in [7, 11) is 0. The zero-order chi connectivity index (χ0) is 9.97. The molecule has 0 bridgehead atoms. The van der Waals surface area contributed by atoms with Gasteiger partial charge in [0.2, 0.25) is 0 Å². The Balaban J connectivity index is 2.09. The van der Waals surface area contributed by atoms with Gasteiger partial charge in [-0.3, -0.25) is 0 Å². The number of nitrogens with one attached hydrogen (secondary N) is 1. The van der Waals surface area contributed by atoms with E-state index in [1.807, 2.05) is 0 Å². The molecule has 1 heteroatoms. The van der Waals surface area contributed by atoms with Crippen molar-refractivity contribution < 1.29 is 0 Å². The van der Waals surface area contributed by atoms with Crippen molar-refractivity contribution in [2.75, 3.05) is 0 Å². The van der Waals surface area contributed by atoms with Gasteiger partial charge >= 0.3 is 0 Å². The maximum Gasteiger partial charge on any atom is 0.0345 e. The van der Waals surface area contributed by atoms with Crippen LogP contribution in [0.4, 0.5) is 0 Å². The molecule has 0 spiro atoms. The Morgan fingerprint density at radius 3 is 2.29 bits per heavy atom. The summed E-state index contributed by atoms with van der Waals surface area (Å²) in [5.74, 6) is 0.665. The highest BCUT2D eigenvalue weighted by molar-refractivity contribution is 5.19. The molecule has 1 N–H and O–H groups in total. The minimum absolute atomic E-state index is 0.531. The molecule has 1 aromatic carbocycles. The Hall–Kier alpha value is -0.820. The Kier molecular flexibility index (Phi) is 2.87. The molecule has 14 heavy (non-hydrogen) atoms. The highest BCUT2D eigenvalue weighted by atomic mass is 15.0. The molecule has 1 aromatic rings. The van der Waals surface area contributed by atoms with E-state index in [0.29, 0.717) is 12.0 Å². The Morgan fingerprint density at radius 1 is 1.14 bits per heavy atom. The monoisotopic (exact) mass is 189 g/mol. The van der Waals surface area contributed by atoms with Crippen molar-refractivity contribution in [1.82, 2.24) is 5.32 Å². The number of benzene rings is 1. The Bertz CT molecular complexity index is 275. The zero-order valence-corrected chi connectivity index (χ0v) is 9.03. The number of rotatable bonds is 4. The Morgan fingerprint density at radius 2 is 1.79 bits per heavy atom. The van der Waals surface area contributed by atoms with Gasteiger partial charge in [0.05, 0.1) is 0 Å². The maximum atomic E-state index is 3.71. The average molecular weight is 189 g/mol. The largest absolute Gasteiger partial charge is 0.307 e. The van der Waals surface area contributed by atoms with Crippen molar-refractivity contribution in [3.63, 3.8) is 0 Å². The smallest absolute Gasteiger partial charge is 0.0345 e. The standard InChI is InChI=1S/C13H19N/c1-10(2)13(14-12-8-9-12)11-6-4-3-5-7-11/h3-7,10,12-14H,8-9H2,1-2H3/t13-/m0/s1. The first-order chi connectivity index (χ1) is 6.77. The van der Waals surface area contributed by atoms with Crippen LogP contribution >= 0.6 is 0 Å². The van der Waals surface area contributed by atoms with Gasteiger partial charge in [0.1, 0.15) is 0 Å². The van der Waals surface area contributed by atoms with Crippen LogP contribution in [-0.2, 0) is 0 Å². The molecule has 1 aliphatic rings. The molecule has 76 valence electrons. The van der Waals surface area contributed by atoms with E-state index < -0.39 is 0 Å². The predicted molar refractivity (Wildman–Crippen MR) is 60.2 cm³/mol. The summed E-state index contributed by atoms with van der Waals surface area (Å²) in [6, 6.07) is 12.1. The van der Waals surface area contributed by atoms with Gasteiger partial charge < -0.3 is 5.32 Å². The first kappa shape index (κ1) is 9.72. The predicted octanol–water partition coefficient (Wildman–Crippen LogP) is 3.14. The molecule has 0 unspecified atom stereocenters. The van der Waals surface area contributed by atoms with Crippen LogP contribution in [0.25, 0.3) is 0 Å². The van der Waals surface area contributed by atoms with Crippen LogP contribution in [0, 0.1) is 5.92 Å². The van der Waals surface area contributed by atoms with Crippen LogP contribution in [-0.4, -0.2) is 6.04 Å². The second kappa shape index (κ2) is 4.14. The molecule has 0 saturated heterocycles. The minimum Gasteiger partial charge on any atom is -0.307 e. The maximum absolute atomic E-state index is 3.71. The minimum atomic E-state index is 0.531. The first-order valence-electron chi connectivity index (χ1n) is 5.58. The molecular weight excluding hydrogens is 170 g/mol. The lowest BCUT2D eigenvalue weighted by molar-refractivity contribution is 0.409. The molecule has 2 rings (SSSR count). The highest BCUT2D eigenvalue weighted by Crippen LogP contribution is 2.28. The van der Waals surface area contributed by atoms with Gasteiger partial charge in [-0.2, -0.15) is 0 Å². The molecule has 1 atom stereocenters. The van der Waals surface area contributed by atoms with Gasteiger partial charge in [0, 0.05) is 12.1 Å². The van der Waals surface area contributed by atoms with Crippen molar-refractivity contribution in [1.29, 1.82) is 0 Å². The van der Waals surface area contributed by atoms with Crippen LogP contribution < -0.4 is 5.32 Å². The molecule has 1 fully saturated rings. The van der Waals surface area contributed by atoms with E-state index in [2.05, 4.69) is 49.5 Å². The Labute approximate surface area is 86.5 Å². The summed E-state index contributed by atoms with van der Waals surface area (Å²) >= 11 is 0. The van der Waals surface area contributed by atoms with E-state index in [9.17, 15) is 0 Å². The van der Waals surface area contributed by atoms with Crippen molar-refractivity contribution in [2.24, 2.45) is 5.92 Å². The van der Waals surface area contributed by atoms with E-state index in [4.69, 9.17) is 0 Å². The van der Waals surface area contributed by atoms with Crippen molar-refractivity contribution in [3.05, 3.63) is 35.9 Å². The van der Waals surface area contributed by atoms with Gasteiger partial charge in [-0.25, -0.2) is 0 Å². The molecular formula is C13H19N. The van der Waals surface area contributed by atoms with Crippen LogP contribution in [0.2, 0.25) is 0 Å². The van der Waals surface area contributed by atoms with Crippen molar-refractivity contribution in [3.8, 4) is 0 Å². The topological polar surface area (TPSA) is 12.0 Å². The van der Waals surface area contributed by atoms with E-state index in [1.165, 1.54) is 18.4 Å². The molecule has 0 amide bonds. The normalized spacial score (nSPS) is 18.5. The van der Waals surface area contributed by atoms with Crippen molar-refractivity contribution in [2.45, 2.75) is 38.8 Å². The molecule has 1 nitrogen and oxygen atoms in total. The second-order valence-electron chi connectivity index (χ2n) is 4.57. The van der Waals surface area contributed by atoms with Gasteiger partial charge in [0.25, 0.3) is 0 Å². The molecule has 1 saturated carbocycles. The fourth-order valence-electron chi connectivity index (χ4n) is 1.84. The molecule has 0 aliphatic heterocycles. The quantitative estimate of drug-likeness (QED) is 0.767. The van der Waals surface area contributed by atoms with Gasteiger partial charge in [-0.15, -0.1) is 0 Å². The number of hydrogen-bond donors (Lipinski definition) is 1. The van der Waals surface area contributed by atoms with Gasteiger partial charge in [-0.05, 0) is 24.3 Å². The summed E-state index contributed by atoms with van der Waals surface area (Å²) in [5.41, 5.74) is 1.43. The SMILES string of the molecule is CC(C)[C@H](NC1CC1)c1ccccc1. The lowest BCUT2D eigenvalue weighted by atomic mass is 9.96. The summed E-state index contributed by atoms with van der Waals surface area (Å²) in [6.45, 7) is 4.57. The summed E-state index contributed by atoms with van der Waals surface area (Å²) in [5, 5.41) is 3.71. The molecule has 0 aromatic heterocycles.